The van der Waals surface area contributed by atoms with E-state index in [1.165, 1.54) is 17.2 Å². The molecule has 0 spiro atoms. The molecule has 3 rings (SSSR count). The topological polar surface area (TPSA) is 46.3 Å². The lowest BCUT2D eigenvalue weighted by atomic mass is 10.2. The van der Waals surface area contributed by atoms with Gasteiger partial charge in [-0.3, -0.25) is 4.79 Å². The van der Waals surface area contributed by atoms with Gasteiger partial charge in [0.1, 0.15) is 6.26 Å². The lowest BCUT2D eigenvalue weighted by molar-refractivity contribution is -0.118. The molecule has 0 saturated carbocycles. The molecular formula is C19H16F2N2O2. The fourth-order valence-electron chi connectivity index (χ4n) is 2.51. The Balaban J connectivity index is 1.76. The van der Waals surface area contributed by atoms with Crippen molar-refractivity contribution in [1.82, 2.24) is 4.98 Å². The Labute approximate surface area is 143 Å². The molecule has 4 nitrogen and oxygen atoms in total. The first-order valence-electron chi connectivity index (χ1n) is 7.83. The molecule has 25 heavy (non-hydrogen) atoms. The summed E-state index contributed by atoms with van der Waals surface area (Å²) in [5.74, 6) is -1.78. The fourth-order valence-corrected chi connectivity index (χ4v) is 2.51. The molecule has 128 valence electrons. The van der Waals surface area contributed by atoms with E-state index in [0.29, 0.717) is 23.8 Å². The smallest absolute Gasteiger partial charge is 0.233 e. The summed E-state index contributed by atoms with van der Waals surface area (Å²) in [6, 6.07) is 12.7. The molecule has 1 aromatic heterocycles. The Hall–Kier alpha value is -3.02. The van der Waals surface area contributed by atoms with E-state index in [0.717, 1.165) is 17.7 Å². The van der Waals surface area contributed by atoms with E-state index in [1.807, 2.05) is 30.3 Å². The first-order chi connectivity index (χ1) is 12.1. The maximum absolute atomic E-state index is 13.4. The summed E-state index contributed by atoms with van der Waals surface area (Å²) in [5.41, 5.74) is 1.59. The second-order valence-corrected chi connectivity index (χ2v) is 5.42. The van der Waals surface area contributed by atoms with Gasteiger partial charge in [-0.25, -0.2) is 13.8 Å². The molecule has 1 amide bonds. The number of aromatic nitrogens is 1. The summed E-state index contributed by atoms with van der Waals surface area (Å²) < 4.78 is 31.9. The third-order valence-corrected chi connectivity index (χ3v) is 3.74. The van der Waals surface area contributed by atoms with E-state index in [4.69, 9.17) is 4.42 Å². The third kappa shape index (κ3) is 3.74. The van der Waals surface area contributed by atoms with Gasteiger partial charge in [0.15, 0.2) is 11.6 Å². The number of nitrogens with zero attached hydrogens (tertiary/aromatic N) is 2. The lowest BCUT2D eigenvalue weighted by Gasteiger charge is -2.20. The molecule has 0 radical (unpaired) electrons. The zero-order valence-electron chi connectivity index (χ0n) is 13.6. The predicted octanol–water partition coefficient (Wildman–Crippen LogP) is 4.22. The van der Waals surface area contributed by atoms with E-state index < -0.39 is 11.6 Å². The van der Waals surface area contributed by atoms with E-state index in [-0.39, 0.29) is 12.3 Å². The van der Waals surface area contributed by atoms with Gasteiger partial charge in [-0.1, -0.05) is 18.2 Å². The molecule has 0 fully saturated rings. The standard InChI is InChI=1S/C19H16F2N2O2/c1-2-23(15-8-9-16(20)17(21)11-15)18(24)10-14-12-25-19(22-14)13-6-4-3-5-7-13/h3-9,11-12H,2,10H2,1H3. The lowest BCUT2D eigenvalue weighted by Crippen LogP contribution is -2.32. The summed E-state index contributed by atoms with van der Waals surface area (Å²) in [7, 11) is 0. The van der Waals surface area contributed by atoms with Crippen LogP contribution < -0.4 is 4.90 Å². The minimum atomic E-state index is -0.989. The molecule has 0 bridgehead atoms. The van der Waals surface area contributed by atoms with Crippen LogP contribution in [0.3, 0.4) is 0 Å². The van der Waals surface area contributed by atoms with E-state index >= 15 is 0 Å². The first-order valence-corrected chi connectivity index (χ1v) is 7.83. The zero-order chi connectivity index (χ0) is 17.8. The van der Waals surface area contributed by atoms with Crippen molar-refractivity contribution in [2.75, 3.05) is 11.4 Å². The number of amides is 1. The van der Waals surface area contributed by atoms with Crippen LogP contribution in [0.1, 0.15) is 12.6 Å². The number of benzene rings is 2. The molecule has 0 N–H and O–H groups in total. The number of likely N-dealkylation sites (N-methyl/N-ethyl adjacent to an activating group) is 1. The largest absolute Gasteiger partial charge is 0.444 e. The summed E-state index contributed by atoms with van der Waals surface area (Å²) in [4.78, 5) is 18.2. The highest BCUT2D eigenvalue weighted by Gasteiger charge is 2.18. The van der Waals surface area contributed by atoms with Gasteiger partial charge in [0, 0.05) is 23.9 Å². The Morgan fingerprint density at radius 3 is 2.56 bits per heavy atom. The van der Waals surface area contributed by atoms with Gasteiger partial charge in [-0.05, 0) is 31.2 Å². The molecule has 0 aliphatic heterocycles. The molecule has 0 atom stereocenters. The summed E-state index contributed by atoms with van der Waals surface area (Å²) >= 11 is 0. The third-order valence-electron chi connectivity index (χ3n) is 3.74. The van der Waals surface area contributed by atoms with Crippen molar-refractivity contribution >= 4 is 11.6 Å². The van der Waals surface area contributed by atoms with Crippen LogP contribution in [-0.4, -0.2) is 17.4 Å². The van der Waals surface area contributed by atoms with E-state index in [2.05, 4.69) is 4.98 Å². The van der Waals surface area contributed by atoms with Crippen LogP contribution in [0.15, 0.2) is 59.2 Å². The Morgan fingerprint density at radius 1 is 1.12 bits per heavy atom. The van der Waals surface area contributed by atoms with Gasteiger partial charge >= 0.3 is 0 Å². The van der Waals surface area contributed by atoms with Crippen molar-refractivity contribution < 1.29 is 18.0 Å². The van der Waals surface area contributed by atoms with Crippen LogP contribution in [-0.2, 0) is 11.2 Å². The van der Waals surface area contributed by atoms with E-state index in [1.54, 1.807) is 6.92 Å². The average Bonchev–Trinajstić information content (AvgIpc) is 3.08. The fraction of sp³-hybridized carbons (Fsp3) is 0.158. The highest BCUT2D eigenvalue weighted by Crippen LogP contribution is 2.21. The maximum atomic E-state index is 13.4. The normalized spacial score (nSPS) is 10.7. The second kappa shape index (κ2) is 7.25. The molecule has 0 aliphatic carbocycles. The van der Waals surface area contributed by atoms with Crippen LogP contribution in [0.2, 0.25) is 0 Å². The van der Waals surface area contributed by atoms with Crippen LogP contribution in [0.4, 0.5) is 14.5 Å². The van der Waals surface area contributed by atoms with Crippen LogP contribution in [0.5, 0.6) is 0 Å². The number of carbonyl (C=O) groups excluding carboxylic acids is 1. The molecule has 3 aromatic rings. The number of carbonyl (C=O) groups is 1. The first kappa shape index (κ1) is 16.8. The van der Waals surface area contributed by atoms with Gasteiger partial charge < -0.3 is 9.32 Å². The number of hydrogen-bond donors (Lipinski definition) is 0. The number of halogens is 2. The van der Waals surface area contributed by atoms with E-state index in [9.17, 15) is 13.6 Å². The highest BCUT2D eigenvalue weighted by atomic mass is 19.2. The zero-order valence-corrected chi connectivity index (χ0v) is 13.6. The SMILES string of the molecule is CCN(C(=O)Cc1coc(-c2ccccc2)n1)c1ccc(F)c(F)c1. The number of rotatable bonds is 5. The molecular weight excluding hydrogens is 326 g/mol. The second-order valence-electron chi connectivity index (χ2n) is 5.42. The summed E-state index contributed by atoms with van der Waals surface area (Å²) in [6.07, 6.45) is 1.43. The van der Waals surface area contributed by atoms with Gasteiger partial charge in [0.25, 0.3) is 0 Å². The minimum Gasteiger partial charge on any atom is -0.444 e. The molecule has 0 unspecified atom stereocenters. The van der Waals surface area contributed by atoms with Crippen molar-refractivity contribution in [1.29, 1.82) is 0 Å². The summed E-state index contributed by atoms with van der Waals surface area (Å²) in [5, 5.41) is 0. The van der Waals surface area contributed by atoms with Crippen molar-refractivity contribution in [3.8, 4) is 11.5 Å². The van der Waals surface area contributed by atoms with Gasteiger partial charge in [0.05, 0.1) is 12.1 Å². The maximum Gasteiger partial charge on any atom is 0.233 e. The van der Waals surface area contributed by atoms with Crippen molar-refractivity contribution in [2.24, 2.45) is 0 Å². The molecule has 0 aliphatic rings. The van der Waals surface area contributed by atoms with Crippen LogP contribution in [0, 0.1) is 11.6 Å². The predicted molar refractivity (Wildman–Crippen MR) is 90.0 cm³/mol. The van der Waals surface area contributed by atoms with Gasteiger partial charge in [-0.2, -0.15) is 0 Å². The number of hydrogen-bond acceptors (Lipinski definition) is 3. The number of oxazole rings is 1. The Kier molecular flexibility index (Phi) is 4.88. The molecule has 2 aromatic carbocycles. The van der Waals surface area contributed by atoms with Crippen LogP contribution in [0.25, 0.3) is 11.5 Å². The van der Waals surface area contributed by atoms with Crippen molar-refractivity contribution in [3.05, 3.63) is 72.1 Å². The molecule has 0 saturated heterocycles. The number of anilines is 1. The summed E-state index contributed by atoms with van der Waals surface area (Å²) in [6.45, 7) is 2.09. The van der Waals surface area contributed by atoms with Crippen molar-refractivity contribution in [3.63, 3.8) is 0 Å². The average molecular weight is 342 g/mol. The van der Waals surface area contributed by atoms with Gasteiger partial charge in [-0.15, -0.1) is 0 Å². The monoisotopic (exact) mass is 342 g/mol. The molecule has 1 heterocycles. The van der Waals surface area contributed by atoms with Crippen molar-refractivity contribution in [2.45, 2.75) is 13.3 Å². The quantitative estimate of drug-likeness (QED) is 0.697. The Bertz CT molecular complexity index is 878. The highest BCUT2D eigenvalue weighted by molar-refractivity contribution is 5.94. The Morgan fingerprint density at radius 2 is 1.88 bits per heavy atom. The molecule has 6 heteroatoms. The minimum absolute atomic E-state index is 0.00314. The van der Waals surface area contributed by atoms with Gasteiger partial charge in [0.2, 0.25) is 11.8 Å². The van der Waals surface area contributed by atoms with Crippen LogP contribution >= 0.6 is 0 Å².